The van der Waals surface area contributed by atoms with E-state index in [0.29, 0.717) is 23.7 Å². The molecule has 0 saturated carbocycles. The Morgan fingerprint density at radius 2 is 1.67 bits per heavy atom. The van der Waals surface area contributed by atoms with Crippen LogP contribution in [0.3, 0.4) is 0 Å². The first-order valence-corrected chi connectivity index (χ1v) is 9.27. The average molecular weight is 406 g/mol. The van der Waals surface area contributed by atoms with E-state index in [4.69, 9.17) is 9.47 Å². The van der Waals surface area contributed by atoms with Gasteiger partial charge in [-0.1, -0.05) is 42.5 Å². The minimum absolute atomic E-state index is 0.0120. The lowest BCUT2D eigenvalue weighted by molar-refractivity contribution is -0.121. The Balaban J connectivity index is 1.57. The molecule has 0 aliphatic heterocycles. The molecule has 0 heterocycles. The maximum absolute atomic E-state index is 12.4. The first-order valence-electron chi connectivity index (χ1n) is 9.27. The lowest BCUT2D eigenvalue weighted by atomic mass is 10.1. The summed E-state index contributed by atoms with van der Waals surface area (Å²) in [5, 5.41) is 9.45. The molecule has 30 heavy (non-hydrogen) atoms. The summed E-state index contributed by atoms with van der Waals surface area (Å²) in [5.41, 5.74) is 6.62. The van der Waals surface area contributed by atoms with Crippen LogP contribution < -0.4 is 20.3 Å². The van der Waals surface area contributed by atoms with Gasteiger partial charge in [0, 0.05) is 6.07 Å². The number of amides is 2. The molecule has 2 amide bonds. The number of carbonyl (C=O) groups is 2. The molecular weight excluding hydrogens is 384 g/mol. The number of aromatic hydroxyl groups is 1. The van der Waals surface area contributed by atoms with E-state index in [9.17, 15) is 14.7 Å². The molecule has 154 valence electrons. The number of benzene rings is 3. The SMILES string of the molecule is COc1cc(OCc2ccccc2)ccc1C(=O)NNC(=O)Cc1cccc(O)c1. The molecule has 0 aliphatic carbocycles. The van der Waals surface area contributed by atoms with Crippen LogP contribution in [0, 0.1) is 0 Å². The first-order chi connectivity index (χ1) is 14.5. The van der Waals surface area contributed by atoms with Gasteiger partial charge < -0.3 is 14.6 Å². The molecule has 0 aliphatic rings. The van der Waals surface area contributed by atoms with Crippen molar-refractivity contribution in [2.24, 2.45) is 0 Å². The summed E-state index contributed by atoms with van der Waals surface area (Å²) in [7, 11) is 1.45. The zero-order chi connectivity index (χ0) is 21.3. The van der Waals surface area contributed by atoms with E-state index in [2.05, 4.69) is 10.9 Å². The van der Waals surface area contributed by atoms with Crippen molar-refractivity contribution in [3.63, 3.8) is 0 Å². The Morgan fingerprint density at radius 3 is 2.40 bits per heavy atom. The van der Waals surface area contributed by atoms with Crippen LogP contribution in [0.15, 0.2) is 72.8 Å². The van der Waals surface area contributed by atoms with Gasteiger partial charge in [-0.15, -0.1) is 0 Å². The molecule has 0 spiro atoms. The van der Waals surface area contributed by atoms with Gasteiger partial charge in [0.15, 0.2) is 0 Å². The second-order valence-electron chi connectivity index (χ2n) is 6.49. The predicted octanol–water partition coefficient (Wildman–Crippen LogP) is 2.98. The topological polar surface area (TPSA) is 96.9 Å². The number of carbonyl (C=O) groups excluding carboxylic acids is 2. The van der Waals surface area contributed by atoms with Gasteiger partial charge in [0.05, 0.1) is 19.1 Å². The summed E-state index contributed by atoms with van der Waals surface area (Å²) in [6.45, 7) is 0.390. The molecule has 0 fully saturated rings. The van der Waals surface area contributed by atoms with Crippen LogP contribution >= 0.6 is 0 Å². The highest BCUT2D eigenvalue weighted by Gasteiger charge is 2.14. The van der Waals surface area contributed by atoms with Crippen LogP contribution in [0.4, 0.5) is 0 Å². The smallest absolute Gasteiger partial charge is 0.273 e. The number of ether oxygens (including phenoxy) is 2. The summed E-state index contributed by atoms with van der Waals surface area (Å²) in [6, 6.07) is 20.9. The van der Waals surface area contributed by atoms with Gasteiger partial charge in [-0.2, -0.15) is 0 Å². The van der Waals surface area contributed by atoms with Crippen molar-refractivity contribution < 1.29 is 24.2 Å². The fourth-order valence-electron chi connectivity index (χ4n) is 2.78. The summed E-state index contributed by atoms with van der Waals surface area (Å²) < 4.78 is 11.0. The Kier molecular flexibility index (Phi) is 6.89. The number of rotatable bonds is 7. The molecule has 0 atom stereocenters. The lowest BCUT2D eigenvalue weighted by Crippen LogP contribution is -2.42. The number of phenolic OH excluding ortho intramolecular Hbond substituents is 1. The normalized spacial score (nSPS) is 10.2. The number of hydrazine groups is 1. The zero-order valence-corrected chi connectivity index (χ0v) is 16.4. The molecule has 0 bridgehead atoms. The molecule has 3 N–H and O–H groups in total. The van der Waals surface area contributed by atoms with E-state index in [1.165, 1.54) is 19.2 Å². The second kappa shape index (κ2) is 9.97. The standard InChI is InChI=1S/C23H22N2O5/c1-29-21-14-19(30-15-16-6-3-2-4-7-16)10-11-20(21)23(28)25-24-22(27)13-17-8-5-9-18(26)12-17/h2-12,14,26H,13,15H2,1H3,(H,24,27)(H,25,28). The average Bonchev–Trinajstić information content (AvgIpc) is 2.76. The quantitative estimate of drug-likeness (QED) is 0.524. The van der Waals surface area contributed by atoms with Crippen LogP contribution in [-0.2, 0) is 17.8 Å². The third-order valence-electron chi connectivity index (χ3n) is 4.26. The molecule has 0 saturated heterocycles. The number of hydrogen-bond acceptors (Lipinski definition) is 5. The lowest BCUT2D eigenvalue weighted by Gasteiger charge is -2.13. The van der Waals surface area contributed by atoms with E-state index in [0.717, 1.165) is 5.56 Å². The maximum Gasteiger partial charge on any atom is 0.273 e. The van der Waals surface area contributed by atoms with Crippen LogP contribution in [0.1, 0.15) is 21.5 Å². The molecule has 3 rings (SSSR count). The van der Waals surface area contributed by atoms with Gasteiger partial charge in [0.25, 0.3) is 5.91 Å². The Labute approximate surface area is 174 Å². The minimum Gasteiger partial charge on any atom is -0.508 e. The van der Waals surface area contributed by atoms with E-state index < -0.39 is 11.8 Å². The number of methoxy groups -OCH3 is 1. The van der Waals surface area contributed by atoms with Gasteiger partial charge in [-0.25, -0.2) is 0 Å². The highest BCUT2D eigenvalue weighted by Crippen LogP contribution is 2.25. The van der Waals surface area contributed by atoms with Crippen LogP contribution in [0.5, 0.6) is 17.2 Å². The Hall–Kier alpha value is -4.00. The van der Waals surface area contributed by atoms with E-state index in [-0.39, 0.29) is 17.7 Å². The zero-order valence-electron chi connectivity index (χ0n) is 16.4. The second-order valence-corrected chi connectivity index (χ2v) is 6.49. The van der Waals surface area contributed by atoms with Crippen LogP contribution in [0.25, 0.3) is 0 Å². The summed E-state index contributed by atoms with van der Waals surface area (Å²) in [4.78, 5) is 24.5. The van der Waals surface area contributed by atoms with Crippen LogP contribution in [0.2, 0.25) is 0 Å². The number of nitrogens with one attached hydrogen (secondary N) is 2. The molecule has 3 aromatic rings. The van der Waals surface area contributed by atoms with E-state index in [1.54, 1.807) is 30.3 Å². The summed E-state index contributed by atoms with van der Waals surface area (Å²) >= 11 is 0. The van der Waals surface area contributed by atoms with Crippen molar-refractivity contribution in [2.75, 3.05) is 7.11 Å². The first kappa shape index (κ1) is 20.7. The van der Waals surface area contributed by atoms with Gasteiger partial charge >= 0.3 is 0 Å². The molecule has 7 heteroatoms. The molecule has 0 radical (unpaired) electrons. The van der Waals surface area contributed by atoms with E-state index in [1.807, 2.05) is 30.3 Å². The number of hydrogen-bond donors (Lipinski definition) is 3. The number of phenols is 1. The molecule has 3 aromatic carbocycles. The van der Waals surface area contributed by atoms with Crippen molar-refractivity contribution in [3.05, 3.63) is 89.5 Å². The van der Waals surface area contributed by atoms with Crippen molar-refractivity contribution in [1.29, 1.82) is 0 Å². The fourth-order valence-corrected chi connectivity index (χ4v) is 2.78. The third kappa shape index (κ3) is 5.75. The molecule has 0 unspecified atom stereocenters. The summed E-state index contributed by atoms with van der Waals surface area (Å²) in [5.74, 6) is 0.00515. The summed E-state index contributed by atoms with van der Waals surface area (Å²) in [6.07, 6.45) is 0.0120. The third-order valence-corrected chi connectivity index (χ3v) is 4.26. The fraction of sp³-hybridized carbons (Fsp3) is 0.130. The van der Waals surface area contributed by atoms with Crippen molar-refractivity contribution in [2.45, 2.75) is 13.0 Å². The van der Waals surface area contributed by atoms with E-state index >= 15 is 0 Å². The monoisotopic (exact) mass is 406 g/mol. The maximum atomic E-state index is 12.4. The highest BCUT2D eigenvalue weighted by molar-refractivity contribution is 5.98. The predicted molar refractivity (Wildman–Crippen MR) is 111 cm³/mol. The van der Waals surface area contributed by atoms with Crippen molar-refractivity contribution >= 4 is 11.8 Å². The van der Waals surface area contributed by atoms with Crippen molar-refractivity contribution in [3.8, 4) is 17.2 Å². The van der Waals surface area contributed by atoms with Crippen molar-refractivity contribution in [1.82, 2.24) is 10.9 Å². The molecule has 0 aromatic heterocycles. The van der Waals surface area contributed by atoms with Gasteiger partial charge in [0.1, 0.15) is 23.9 Å². The molecule has 7 nitrogen and oxygen atoms in total. The largest absolute Gasteiger partial charge is 0.508 e. The van der Waals surface area contributed by atoms with Gasteiger partial charge in [-0.05, 0) is 35.4 Å². The molecular formula is C23H22N2O5. The Bertz CT molecular complexity index is 1020. The minimum atomic E-state index is -0.522. The van der Waals surface area contributed by atoms with Gasteiger partial charge in [0.2, 0.25) is 5.91 Å². The van der Waals surface area contributed by atoms with Crippen LogP contribution in [-0.4, -0.2) is 24.0 Å². The Morgan fingerprint density at radius 1 is 0.900 bits per heavy atom. The highest BCUT2D eigenvalue weighted by atomic mass is 16.5. The van der Waals surface area contributed by atoms with Gasteiger partial charge in [-0.3, -0.25) is 20.4 Å².